The van der Waals surface area contributed by atoms with Crippen molar-refractivity contribution in [2.24, 2.45) is 0 Å². The molecular formula is C21H20N2OS. The van der Waals surface area contributed by atoms with E-state index in [1.807, 2.05) is 24.3 Å². The topological polar surface area (TPSA) is 25.4 Å². The van der Waals surface area contributed by atoms with Crippen LogP contribution in [0.5, 0.6) is 0 Å². The van der Waals surface area contributed by atoms with Crippen LogP contribution in [0, 0.1) is 0 Å². The summed E-state index contributed by atoms with van der Waals surface area (Å²) in [6.45, 7) is 3.28. The van der Waals surface area contributed by atoms with Gasteiger partial charge in [-0.05, 0) is 17.7 Å². The second kappa shape index (κ2) is 7.30. The normalized spacial score (nSPS) is 14.6. The van der Waals surface area contributed by atoms with E-state index in [2.05, 4.69) is 41.3 Å². The summed E-state index contributed by atoms with van der Waals surface area (Å²) in [7, 11) is 0. The van der Waals surface area contributed by atoms with Gasteiger partial charge >= 0.3 is 0 Å². The van der Waals surface area contributed by atoms with Crippen LogP contribution < -0.4 is 0 Å². The molecular weight excluding hydrogens is 328 g/mol. The maximum atomic E-state index is 5.73. The van der Waals surface area contributed by atoms with Gasteiger partial charge in [0.05, 0.1) is 29.4 Å². The number of fused-ring (bicyclic) bond motifs is 1. The van der Waals surface area contributed by atoms with E-state index in [1.165, 1.54) is 10.9 Å². The van der Waals surface area contributed by atoms with E-state index in [9.17, 15) is 0 Å². The molecule has 0 atom stereocenters. The molecule has 2 heterocycles. The monoisotopic (exact) mass is 348 g/mol. The number of aromatic nitrogens is 1. The zero-order valence-corrected chi connectivity index (χ0v) is 14.8. The number of hydrogen-bond donors (Lipinski definition) is 0. The Balaban J connectivity index is 1.72. The Morgan fingerprint density at radius 1 is 1.00 bits per heavy atom. The van der Waals surface area contributed by atoms with Gasteiger partial charge in [-0.3, -0.25) is 0 Å². The molecule has 2 aromatic carbocycles. The SMILES string of the molecule is S=C(Cc1cc(-c2ccccc2)nc2ccccc12)N1CCOCC1. The van der Waals surface area contributed by atoms with Gasteiger partial charge in [-0.2, -0.15) is 0 Å². The lowest BCUT2D eigenvalue weighted by atomic mass is 10.0. The number of thiocarbonyl (C=S) groups is 1. The van der Waals surface area contributed by atoms with Gasteiger partial charge in [0.2, 0.25) is 0 Å². The van der Waals surface area contributed by atoms with Crippen LogP contribution in [0.3, 0.4) is 0 Å². The van der Waals surface area contributed by atoms with Gasteiger partial charge in [-0.15, -0.1) is 0 Å². The highest BCUT2D eigenvalue weighted by atomic mass is 32.1. The molecule has 0 unspecified atom stereocenters. The summed E-state index contributed by atoms with van der Waals surface area (Å²) in [5.41, 5.74) is 4.38. The zero-order chi connectivity index (χ0) is 17.1. The van der Waals surface area contributed by atoms with Crippen LogP contribution >= 0.6 is 12.2 Å². The van der Waals surface area contributed by atoms with Gasteiger partial charge in [0.25, 0.3) is 0 Å². The molecule has 4 rings (SSSR count). The predicted octanol–water partition coefficient (Wildman–Crippen LogP) is 4.10. The molecule has 0 saturated carbocycles. The van der Waals surface area contributed by atoms with E-state index in [4.69, 9.17) is 21.9 Å². The molecule has 25 heavy (non-hydrogen) atoms. The first-order valence-corrected chi connectivity index (χ1v) is 9.02. The Morgan fingerprint density at radius 3 is 2.52 bits per heavy atom. The van der Waals surface area contributed by atoms with Crippen molar-refractivity contribution in [2.75, 3.05) is 26.3 Å². The average Bonchev–Trinajstić information content (AvgIpc) is 2.69. The number of pyridine rings is 1. The van der Waals surface area contributed by atoms with Crippen LogP contribution in [-0.4, -0.2) is 41.2 Å². The minimum absolute atomic E-state index is 0.756. The molecule has 1 aliphatic rings. The van der Waals surface area contributed by atoms with Crippen LogP contribution in [0.15, 0.2) is 60.7 Å². The highest BCUT2D eigenvalue weighted by Gasteiger charge is 2.16. The summed E-state index contributed by atoms with van der Waals surface area (Å²) in [5.74, 6) is 0. The Hall–Kier alpha value is -2.30. The lowest BCUT2D eigenvalue weighted by molar-refractivity contribution is 0.0685. The second-order valence-electron chi connectivity index (χ2n) is 6.22. The summed E-state index contributed by atoms with van der Waals surface area (Å²) in [5, 5.41) is 1.18. The Kier molecular flexibility index (Phi) is 4.72. The molecule has 3 aromatic rings. The molecule has 4 heteroatoms. The molecule has 1 fully saturated rings. The number of nitrogens with zero attached hydrogens (tertiary/aromatic N) is 2. The van der Waals surface area contributed by atoms with Crippen molar-refractivity contribution in [3.63, 3.8) is 0 Å². The molecule has 0 bridgehead atoms. The van der Waals surface area contributed by atoms with Gasteiger partial charge in [0.1, 0.15) is 0 Å². The first kappa shape index (κ1) is 16.2. The lowest BCUT2D eigenvalue weighted by Gasteiger charge is -2.29. The fourth-order valence-electron chi connectivity index (χ4n) is 3.24. The Bertz CT molecular complexity index is 889. The molecule has 1 aliphatic heterocycles. The van der Waals surface area contributed by atoms with Gasteiger partial charge < -0.3 is 9.64 Å². The Labute approximate surface area is 153 Å². The van der Waals surface area contributed by atoms with Gasteiger partial charge in [-0.25, -0.2) is 4.98 Å². The lowest BCUT2D eigenvalue weighted by Crippen LogP contribution is -2.40. The van der Waals surface area contributed by atoms with Crippen LogP contribution in [0.2, 0.25) is 0 Å². The maximum absolute atomic E-state index is 5.73. The zero-order valence-electron chi connectivity index (χ0n) is 14.0. The van der Waals surface area contributed by atoms with Gasteiger partial charge in [0.15, 0.2) is 0 Å². The van der Waals surface area contributed by atoms with Crippen LogP contribution in [0.4, 0.5) is 0 Å². The van der Waals surface area contributed by atoms with Crippen LogP contribution in [-0.2, 0) is 11.2 Å². The molecule has 0 aliphatic carbocycles. The molecule has 0 N–H and O–H groups in total. The third-order valence-electron chi connectivity index (χ3n) is 4.58. The average molecular weight is 348 g/mol. The number of ether oxygens (including phenoxy) is 1. The smallest absolute Gasteiger partial charge is 0.0825 e. The number of morpholine rings is 1. The van der Waals surface area contributed by atoms with Crippen molar-refractivity contribution in [3.8, 4) is 11.3 Å². The predicted molar refractivity (Wildman–Crippen MR) is 106 cm³/mol. The Morgan fingerprint density at radius 2 is 1.72 bits per heavy atom. The molecule has 3 nitrogen and oxygen atoms in total. The summed E-state index contributed by atoms with van der Waals surface area (Å²) < 4.78 is 5.44. The van der Waals surface area contributed by atoms with Crippen molar-refractivity contribution < 1.29 is 4.74 Å². The summed E-state index contributed by atoms with van der Waals surface area (Å²) in [6.07, 6.45) is 0.762. The minimum Gasteiger partial charge on any atom is -0.378 e. The standard InChI is InChI=1S/C21H20N2OS/c25-21(23-10-12-24-13-11-23)15-17-14-20(16-6-2-1-3-7-16)22-19-9-5-4-8-18(17)19/h1-9,14H,10-13,15H2. The molecule has 0 amide bonds. The van der Waals surface area contributed by atoms with E-state index in [-0.39, 0.29) is 0 Å². The maximum Gasteiger partial charge on any atom is 0.0825 e. The van der Waals surface area contributed by atoms with E-state index in [0.29, 0.717) is 0 Å². The van der Waals surface area contributed by atoms with Crippen LogP contribution in [0.25, 0.3) is 22.2 Å². The van der Waals surface area contributed by atoms with Gasteiger partial charge in [-0.1, -0.05) is 60.7 Å². The summed E-state index contributed by atoms with van der Waals surface area (Å²) in [6, 6.07) is 20.8. The molecule has 0 radical (unpaired) electrons. The van der Waals surface area contributed by atoms with Crippen molar-refractivity contribution >= 4 is 28.1 Å². The third kappa shape index (κ3) is 3.55. The quantitative estimate of drug-likeness (QED) is 0.665. The fraction of sp³-hybridized carbons (Fsp3) is 0.238. The van der Waals surface area contributed by atoms with Crippen molar-refractivity contribution in [1.29, 1.82) is 0 Å². The first-order valence-electron chi connectivity index (χ1n) is 8.61. The van der Waals surface area contributed by atoms with Crippen molar-refractivity contribution in [1.82, 2.24) is 9.88 Å². The largest absolute Gasteiger partial charge is 0.378 e. The second-order valence-corrected chi connectivity index (χ2v) is 6.69. The highest BCUT2D eigenvalue weighted by Crippen LogP contribution is 2.25. The minimum atomic E-state index is 0.756. The van der Waals surface area contributed by atoms with E-state index < -0.39 is 0 Å². The highest BCUT2D eigenvalue weighted by molar-refractivity contribution is 7.80. The molecule has 1 saturated heterocycles. The number of para-hydroxylation sites is 1. The number of benzene rings is 2. The molecule has 0 spiro atoms. The van der Waals surface area contributed by atoms with Gasteiger partial charge in [0, 0.05) is 30.5 Å². The van der Waals surface area contributed by atoms with Crippen LogP contribution in [0.1, 0.15) is 5.56 Å². The van der Waals surface area contributed by atoms with Crippen molar-refractivity contribution in [3.05, 3.63) is 66.2 Å². The van der Waals surface area contributed by atoms with E-state index >= 15 is 0 Å². The first-order chi connectivity index (χ1) is 12.3. The van der Waals surface area contributed by atoms with E-state index in [1.54, 1.807) is 0 Å². The van der Waals surface area contributed by atoms with Crippen molar-refractivity contribution in [2.45, 2.75) is 6.42 Å². The number of rotatable bonds is 3. The summed E-state index contributed by atoms with van der Waals surface area (Å²) >= 11 is 5.73. The third-order valence-corrected chi connectivity index (χ3v) is 4.98. The molecule has 126 valence electrons. The summed E-state index contributed by atoms with van der Waals surface area (Å²) in [4.78, 5) is 8.09. The molecule has 1 aromatic heterocycles. The number of hydrogen-bond acceptors (Lipinski definition) is 3. The van der Waals surface area contributed by atoms with E-state index in [0.717, 1.165) is 54.5 Å². The fourth-order valence-corrected chi connectivity index (χ4v) is 3.58.